The van der Waals surface area contributed by atoms with E-state index < -0.39 is 0 Å². The lowest BCUT2D eigenvalue weighted by molar-refractivity contribution is 0.813. The normalized spacial score (nSPS) is 12.3. The average Bonchev–Trinajstić information content (AvgIpc) is 2.42. The smallest absolute Gasteiger partial charge is 0.0356 e. The molecule has 0 spiro atoms. The lowest BCUT2D eigenvalue weighted by Crippen LogP contribution is -2.05. The molecule has 0 amide bonds. The molecule has 2 N–H and O–H groups in total. The Morgan fingerprint density at radius 3 is 2.33 bits per heavy atom. The number of nitrogens with two attached hydrogens (primary N) is 1. The van der Waals surface area contributed by atoms with Gasteiger partial charge in [0.15, 0.2) is 0 Å². The van der Waals surface area contributed by atoms with Crippen LogP contribution in [0.2, 0.25) is 0 Å². The Kier molecular flexibility index (Phi) is 4.85. The third-order valence-corrected chi connectivity index (χ3v) is 4.47. The van der Waals surface area contributed by atoms with Crippen molar-refractivity contribution in [3.8, 4) is 0 Å². The molecule has 0 radical (unpaired) electrons. The van der Waals surface area contributed by atoms with Crippen LogP contribution in [0.1, 0.15) is 22.8 Å². The third kappa shape index (κ3) is 3.37. The van der Waals surface area contributed by atoms with E-state index in [-0.39, 0.29) is 0 Å². The van der Waals surface area contributed by atoms with Crippen molar-refractivity contribution in [2.24, 2.45) is 5.73 Å². The summed E-state index contributed by atoms with van der Waals surface area (Å²) in [4.78, 5) is 1.35. The number of thioether (sulfide) groups is 1. The molecular formula is C16H19NS. The highest BCUT2D eigenvalue weighted by Crippen LogP contribution is 2.38. The summed E-state index contributed by atoms with van der Waals surface area (Å²) in [5.74, 6) is 0. The summed E-state index contributed by atoms with van der Waals surface area (Å²) < 4.78 is 0. The van der Waals surface area contributed by atoms with Crippen molar-refractivity contribution in [3.05, 3.63) is 65.7 Å². The highest BCUT2D eigenvalue weighted by molar-refractivity contribution is 7.99. The van der Waals surface area contributed by atoms with Crippen molar-refractivity contribution in [3.63, 3.8) is 0 Å². The number of aryl methyl sites for hydroxylation is 1. The first-order valence-corrected chi connectivity index (χ1v) is 7.16. The van der Waals surface area contributed by atoms with Crippen LogP contribution in [-0.4, -0.2) is 6.54 Å². The van der Waals surface area contributed by atoms with Crippen molar-refractivity contribution >= 4 is 11.8 Å². The minimum atomic E-state index is 0.442. The van der Waals surface area contributed by atoms with E-state index in [1.165, 1.54) is 16.0 Å². The molecule has 0 aliphatic rings. The molecule has 0 heterocycles. The quantitative estimate of drug-likeness (QED) is 0.813. The van der Waals surface area contributed by atoms with Gasteiger partial charge in [0.05, 0.1) is 0 Å². The van der Waals surface area contributed by atoms with Crippen LogP contribution in [0.15, 0.2) is 59.5 Å². The van der Waals surface area contributed by atoms with Crippen LogP contribution in [0.25, 0.3) is 0 Å². The van der Waals surface area contributed by atoms with Crippen LogP contribution in [0, 0.1) is 6.92 Å². The maximum absolute atomic E-state index is 5.75. The van der Waals surface area contributed by atoms with Crippen LogP contribution >= 0.6 is 11.8 Å². The van der Waals surface area contributed by atoms with Gasteiger partial charge in [-0.3, -0.25) is 0 Å². The zero-order valence-electron chi connectivity index (χ0n) is 10.7. The van der Waals surface area contributed by atoms with Crippen LogP contribution in [0.4, 0.5) is 0 Å². The standard InChI is InChI=1S/C16H19NS/c1-13-7-5-6-10-15(13)18-16(11-12-17)14-8-3-2-4-9-14/h2-10,16H,11-12,17H2,1H3. The molecule has 0 saturated heterocycles. The van der Waals surface area contributed by atoms with Gasteiger partial charge < -0.3 is 5.73 Å². The van der Waals surface area contributed by atoms with Gasteiger partial charge in [0.2, 0.25) is 0 Å². The fraction of sp³-hybridized carbons (Fsp3) is 0.250. The van der Waals surface area contributed by atoms with Crippen molar-refractivity contribution in [2.75, 3.05) is 6.54 Å². The van der Waals surface area contributed by atoms with E-state index in [1.807, 2.05) is 11.8 Å². The molecule has 2 aromatic carbocycles. The van der Waals surface area contributed by atoms with Gasteiger partial charge in [0, 0.05) is 10.1 Å². The lowest BCUT2D eigenvalue weighted by Gasteiger charge is -2.17. The predicted octanol–water partition coefficient (Wildman–Crippen LogP) is 4.18. The topological polar surface area (TPSA) is 26.0 Å². The summed E-state index contributed by atoms with van der Waals surface area (Å²) in [7, 11) is 0. The first-order chi connectivity index (χ1) is 8.81. The number of benzene rings is 2. The molecule has 0 bridgehead atoms. The number of hydrogen-bond donors (Lipinski definition) is 1. The van der Waals surface area contributed by atoms with Gasteiger partial charge >= 0.3 is 0 Å². The van der Waals surface area contributed by atoms with E-state index in [0.29, 0.717) is 5.25 Å². The van der Waals surface area contributed by atoms with Gasteiger partial charge in [-0.2, -0.15) is 0 Å². The van der Waals surface area contributed by atoms with E-state index in [9.17, 15) is 0 Å². The van der Waals surface area contributed by atoms with E-state index >= 15 is 0 Å². The van der Waals surface area contributed by atoms with Gasteiger partial charge in [-0.25, -0.2) is 0 Å². The minimum absolute atomic E-state index is 0.442. The van der Waals surface area contributed by atoms with Gasteiger partial charge in [0.25, 0.3) is 0 Å². The largest absolute Gasteiger partial charge is 0.330 e. The number of hydrogen-bond acceptors (Lipinski definition) is 2. The predicted molar refractivity (Wildman–Crippen MR) is 79.9 cm³/mol. The highest BCUT2D eigenvalue weighted by atomic mass is 32.2. The number of rotatable bonds is 5. The summed E-state index contributed by atoms with van der Waals surface area (Å²) in [6, 6.07) is 19.1. The molecule has 2 rings (SSSR count). The Labute approximate surface area is 113 Å². The second-order valence-corrected chi connectivity index (χ2v) is 5.60. The third-order valence-electron chi connectivity index (χ3n) is 2.96. The maximum atomic E-state index is 5.75. The van der Waals surface area contributed by atoms with E-state index in [2.05, 4.69) is 61.5 Å². The molecular weight excluding hydrogens is 238 g/mol. The SMILES string of the molecule is Cc1ccccc1SC(CCN)c1ccccc1. The van der Waals surface area contributed by atoms with Crippen molar-refractivity contribution in [1.82, 2.24) is 0 Å². The molecule has 18 heavy (non-hydrogen) atoms. The molecule has 0 saturated carbocycles. The summed E-state index contributed by atoms with van der Waals surface area (Å²) >= 11 is 1.91. The maximum Gasteiger partial charge on any atom is 0.0356 e. The van der Waals surface area contributed by atoms with Crippen LogP contribution in [0.5, 0.6) is 0 Å². The van der Waals surface area contributed by atoms with Crippen molar-refractivity contribution < 1.29 is 0 Å². The lowest BCUT2D eigenvalue weighted by atomic mass is 10.1. The molecule has 0 aliphatic heterocycles. The molecule has 1 atom stereocenters. The molecule has 0 aromatic heterocycles. The van der Waals surface area contributed by atoms with Crippen LogP contribution in [-0.2, 0) is 0 Å². The van der Waals surface area contributed by atoms with Gasteiger partial charge in [-0.05, 0) is 37.1 Å². The summed E-state index contributed by atoms with van der Waals surface area (Å²) in [6.45, 7) is 2.88. The van der Waals surface area contributed by atoms with Gasteiger partial charge in [0.1, 0.15) is 0 Å². The molecule has 94 valence electrons. The van der Waals surface area contributed by atoms with Gasteiger partial charge in [-0.1, -0.05) is 48.5 Å². The van der Waals surface area contributed by atoms with Crippen LogP contribution < -0.4 is 5.73 Å². The first-order valence-electron chi connectivity index (χ1n) is 6.28. The van der Waals surface area contributed by atoms with E-state index in [0.717, 1.165) is 13.0 Å². The highest BCUT2D eigenvalue weighted by Gasteiger charge is 2.12. The van der Waals surface area contributed by atoms with Crippen molar-refractivity contribution in [2.45, 2.75) is 23.5 Å². The first kappa shape index (κ1) is 13.2. The summed E-state index contributed by atoms with van der Waals surface area (Å²) in [5, 5.41) is 0.442. The monoisotopic (exact) mass is 257 g/mol. The zero-order chi connectivity index (χ0) is 12.8. The van der Waals surface area contributed by atoms with Crippen LogP contribution in [0.3, 0.4) is 0 Å². The summed E-state index contributed by atoms with van der Waals surface area (Å²) in [6.07, 6.45) is 1.00. The van der Waals surface area contributed by atoms with E-state index in [4.69, 9.17) is 5.73 Å². The molecule has 2 aromatic rings. The molecule has 1 nitrogen and oxygen atoms in total. The Morgan fingerprint density at radius 1 is 1.00 bits per heavy atom. The Balaban J connectivity index is 2.19. The molecule has 2 heteroatoms. The molecule has 0 fully saturated rings. The second kappa shape index (κ2) is 6.62. The Hall–Kier alpha value is -1.25. The van der Waals surface area contributed by atoms with Gasteiger partial charge in [-0.15, -0.1) is 11.8 Å². The second-order valence-electron chi connectivity index (χ2n) is 4.36. The zero-order valence-corrected chi connectivity index (χ0v) is 11.5. The van der Waals surface area contributed by atoms with Crippen molar-refractivity contribution in [1.29, 1.82) is 0 Å². The molecule has 1 unspecified atom stereocenters. The fourth-order valence-corrected chi connectivity index (χ4v) is 3.22. The Morgan fingerprint density at radius 2 is 1.67 bits per heavy atom. The minimum Gasteiger partial charge on any atom is -0.330 e. The Bertz CT molecular complexity index is 481. The molecule has 0 aliphatic carbocycles. The van der Waals surface area contributed by atoms with E-state index in [1.54, 1.807) is 0 Å². The summed E-state index contributed by atoms with van der Waals surface area (Å²) in [5.41, 5.74) is 8.44. The fourth-order valence-electron chi connectivity index (χ4n) is 1.95. The average molecular weight is 257 g/mol.